The molecule has 0 aliphatic carbocycles. The third kappa shape index (κ3) is 6.52. The molecule has 0 saturated carbocycles. The largest absolute Gasteiger partial charge is 0.497 e. The predicted octanol–water partition coefficient (Wildman–Crippen LogP) is 4.90. The number of hydrogen-bond acceptors (Lipinski definition) is 7. The van der Waals surface area contributed by atoms with Gasteiger partial charge >= 0.3 is 12.1 Å². The summed E-state index contributed by atoms with van der Waals surface area (Å²) in [4.78, 5) is 9.74. The number of amidine groups is 1. The fraction of sp³-hybridized carbons (Fsp3) is 0.143. The zero-order valence-electron chi connectivity index (χ0n) is 17.7. The van der Waals surface area contributed by atoms with Crippen LogP contribution in [0.1, 0.15) is 4.88 Å². The molecule has 3 aromatic rings. The van der Waals surface area contributed by atoms with Gasteiger partial charge in [0, 0.05) is 0 Å². The maximum atomic E-state index is 13.2. The van der Waals surface area contributed by atoms with Gasteiger partial charge in [-0.25, -0.2) is 13.2 Å². The van der Waals surface area contributed by atoms with Crippen molar-refractivity contribution >= 4 is 44.7 Å². The van der Waals surface area contributed by atoms with E-state index in [4.69, 9.17) is 25.8 Å². The highest BCUT2D eigenvalue weighted by Gasteiger charge is 2.38. The average molecular weight is 533 g/mol. The Morgan fingerprint density at radius 2 is 1.71 bits per heavy atom. The minimum Gasteiger partial charge on any atom is -0.497 e. The van der Waals surface area contributed by atoms with E-state index in [0.717, 1.165) is 16.9 Å². The number of aliphatic carboxylic acids is 1. The number of thioether (sulfide) groups is 1. The van der Waals surface area contributed by atoms with Gasteiger partial charge in [0.05, 0.1) is 26.0 Å². The quantitative estimate of drug-likeness (QED) is 0.234. The summed E-state index contributed by atoms with van der Waals surface area (Å²) >= 11 is 2.55. The number of carboxylic acids is 1. The van der Waals surface area contributed by atoms with E-state index in [0.29, 0.717) is 9.09 Å². The molecule has 0 atom stereocenters. The average Bonchev–Trinajstić information content (AvgIpc) is 3.25. The van der Waals surface area contributed by atoms with Gasteiger partial charge in [0.2, 0.25) is 9.84 Å². The van der Waals surface area contributed by atoms with Gasteiger partial charge < -0.3 is 15.6 Å². The van der Waals surface area contributed by atoms with Gasteiger partial charge in [0.15, 0.2) is 0 Å². The van der Waals surface area contributed by atoms with Crippen LogP contribution in [0.3, 0.4) is 0 Å². The third-order valence-electron chi connectivity index (χ3n) is 4.22. The predicted molar refractivity (Wildman–Crippen MR) is 125 cm³/mol. The van der Waals surface area contributed by atoms with Gasteiger partial charge in [-0.15, -0.1) is 23.1 Å². The summed E-state index contributed by atoms with van der Waals surface area (Å²) in [6.45, 7) is 0. The standard InChI is InChI=1S/C19H18N2O3S3.C2HF3O2/c1-24-14-8-6-12(7-9-14)13-4-3-5-15(10-13)27(22,23)17-11-16(18(20)21)26-19(17)25-2;3-2(4,5)1(6)7/h3-11H,1-2H3,(H3,20,21);(H,6,7). The number of alkyl halides is 3. The smallest absolute Gasteiger partial charge is 0.490 e. The molecule has 0 amide bonds. The molecule has 2 aromatic carbocycles. The second-order valence-corrected chi connectivity index (χ2v) is 10.5. The molecule has 0 fully saturated rings. The van der Waals surface area contributed by atoms with E-state index < -0.39 is 22.0 Å². The Labute approximate surface area is 201 Å². The highest BCUT2D eigenvalue weighted by molar-refractivity contribution is 8.01. The summed E-state index contributed by atoms with van der Waals surface area (Å²) in [6.07, 6.45) is -3.28. The van der Waals surface area contributed by atoms with Gasteiger partial charge in [-0.3, -0.25) is 5.41 Å². The zero-order valence-corrected chi connectivity index (χ0v) is 20.2. The van der Waals surface area contributed by atoms with Gasteiger partial charge in [0.1, 0.15) is 11.6 Å². The van der Waals surface area contributed by atoms with Crippen molar-refractivity contribution in [3.8, 4) is 16.9 Å². The third-order valence-corrected chi connectivity index (χ3v) is 8.55. The molecule has 1 heterocycles. The van der Waals surface area contributed by atoms with Crippen LogP contribution in [0.15, 0.2) is 68.6 Å². The number of thiophene rings is 1. The first-order chi connectivity index (χ1) is 15.8. The van der Waals surface area contributed by atoms with Gasteiger partial charge in [-0.05, 0) is 47.7 Å². The molecule has 4 N–H and O–H groups in total. The van der Waals surface area contributed by atoms with Crippen molar-refractivity contribution in [3.63, 3.8) is 0 Å². The first-order valence-electron chi connectivity index (χ1n) is 9.13. The molecule has 0 saturated heterocycles. The van der Waals surface area contributed by atoms with E-state index in [1.165, 1.54) is 29.2 Å². The Hall–Kier alpha value is -3.03. The van der Waals surface area contributed by atoms with E-state index in [1.807, 2.05) is 36.6 Å². The van der Waals surface area contributed by atoms with Crippen molar-refractivity contribution in [2.45, 2.75) is 20.2 Å². The van der Waals surface area contributed by atoms with Crippen LogP contribution >= 0.6 is 23.1 Å². The summed E-state index contributed by atoms with van der Waals surface area (Å²) in [5, 5.41) is 14.7. The summed E-state index contributed by atoms with van der Waals surface area (Å²) in [7, 11) is -2.13. The number of ether oxygens (including phenoxy) is 1. The normalized spacial score (nSPS) is 11.3. The first-order valence-corrected chi connectivity index (χ1v) is 12.7. The number of halogens is 3. The van der Waals surface area contributed by atoms with Crippen LogP contribution in [0.2, 0.25) is 0 Å². The lowest BCUT2D eigenvalue weighted by Gasteiger charge is -2.08. The summed E-state index contributed by atoms with van der Waals surface area (Å²) < 4.78 is 63.9. The number of hydrogen-bond donors (Lipinski definition) is 3. The first kappa shape index (κ1) is 27.2. The number of carbonyl (C=O) groups is 1. The van der Waals surface area contributed by atoms with Crippen molar-refractivity contribution in [1.29, 1.82) is 5.41 Å². The molecule has 0 unspecified atom stereocenters. The van der Waals surface area contributed by atoms with E-state index in [9.17, 15) is 21.6 Å². The number of nitrogen functional groups attached to an aromatic ring is 1. The summed E-state index contributed by atoms with van der Waals surface area (Å²) in [5.41, 5.74) is 7.23. The SMILES string of the molecule is COc1ccc(-c2cccc(S(=O)(=O)c3cc(C(=N)N)sc3SC)c2)cc1.O=C(O)C(F)(F)F. The number of benzene rings is 2. The molecule has 0 spiro atoms. The Morgan fingerprint density at radius 3 is 2.18 bits per heavy atom. The van der Waals surface area contributed by atoms with E-state index in [-0.39, 0.29) is 15.6 Å². The minimum absolute atomic E-state index is 0.135. The van der Waals surface area contributed by atoms with Crippen LogP contribution in [0.5, 0.6) is 5.75 Å². The van der Waals surface area contributed by atoms with Crippen LogP contribution < -0.4 is 10.5 Å². The van der Waals surface area contributed by atoms with Crippen molar-refractivity contribution in [3.05, 3.63) is 59.5 Å². The second kappa shape index (κ2) is 10.9. The lowest BCUT2D eigenvalue weighted by Crippen LogP contribution is -2.21. The molecular formula is C21H19F3N2O5S3. The molecule has 0 bridgehead atoms. The maximum Gasteiger partial charge on any atom is 0.490 e. The van der Waals surface area contributed by atoms with E-state index >= 15 is 0 Å². The number of methoxy groups -OCH3 is 1. The van der Waals surface area contributed by atoms with Crippen LogP contribution in [-0.2, 0) is 14.6 Å². The second-order valence-electron chi connectivity index (χ2n) is 6.44. The van der Waals surface area contributed by atoms with Crippen LogP contribution in [0, 0.1) is 5.41 Å². The number of nitrogens with one attached hydrogen (secondary N) is 1. The van der Waals surface area contributed by atoms with Gasteiger partial charge in [-0.2, -0.15) is 13.2 Å². The minimum atomic E-state index is -5.08. The number of nitrogens with two attached hydrogens (primary N) is 1. The molecule has 0 aliphatic rings. The molecule has 7 nitrogen and oxygen atoms in total. The molecule has 0 radical (unpaired) electrons. The Bertz CT molecular complexity index is 1290. The van der Waals surface area contributed by atoms with Gasteiger partial charge in [0.25, 0.3) is 0 Å². The molecule has 3 rings (SSSR count). The molecule has 13 heteroatoms. The lowest BCUT2D eigenvalue weighted by molar-refractivity contribution is -0.192. The van der Waals surface area contributed by atoms with E-state index in [2.05, 4.69) is 0 Å². The van der Waals surface area contributed by atoms with Crippen molar-refractivity contribution < 1.29 is 36.2 Å². The Kier molecular flexibility index (Phi) is 8.75. The molecule has 1 aromatic heterocycles. The topological polar surface area (TPSA) is 131 Å². The Morgan fingerprint density at radius 1 is 1.12 bits per heavy atom. The fourth-order valence-electron chi connectivity index (χ4n) is 2.57. The summed E-state index contributed by atoms with van der Waals surface area (Å²) in [6, 6.07) is 15.7. The molecule has 0 aliphatic heterocycles. The molecule has 182 valence electrons. The van der Waals surface area contributed by atoms with Crippen molar-refractivity contribution in [2.75, 3.05) is 13.4 Å². The van der Waals surface area contributed by atoms with Gasteiger partial charge in [-0.1, -0.05) is 24.3 Å². The summed E-state index contributed by atoms with van der Waals surface area (Å²) in [5.74, 6) is -2.15. The van der Waals surface area contributed by atoms with Crippen molar-refractivity contribution in [1.82, 2.24) is 0 Å². The molecule has 34 heavy (non-hydrogen) atoms. The fourth-order valence-corrected chi connectivity index (χ4v) is 6.48. The van der Waals surface area contributed by atoms with E-state index in [1.54, 1.807) is 25.3 Å². The van der Waals surface area contributed by atoms with Crippen LogP contribution in [-0.4, -0.2) is 44.9 Å². The van der Waals surface area contributed by atoms with Crippen molar-refractivity contribution in [2.24, 2.45) is 5.73 Å². The Balaban J connectivity index is 0.000000509. The monoisotopic (exact) mass is 532 g/mol. The number of rotatable bonds is 6. The maximum absolute atomic E-state index is 13.2. The molecular weight excluding hydrogens is 513 g/mol. The highest BCUT2D eigenvalue weighted by Crippen LogP contribution is 2.37. The van der Waals surface area contributed by atoms with Crippen LogP contribution in [0.4, 0.5) is 13.2 Å². The highest BCUT2D eigenvalue weighted by atomic mass is 32.2. The lowest BCUT2D eigenvalue weighted by atomic mass is 10.1. The zero-order chi connectivity index (χ0) is 25.7. The van der Waals surface area contributed by atoms with Crippen LogP contribution in [0.25, 0.3) is 11.1 Å². The number of sulfone groups is 1. The number of carboxylic acid groups (broad SMARTS) is 1.